The number of para-hydroxylation sites is 1. The van der Waals surface area contributed by atoms with Crippen molar-refractivity contribution >= 4 is 29.7 Å². The molecule has 4 amide bonds. The first kappa shape index (κ1) is 40.6. The van der Waals surface area contributed by atoms with Gasteiger partial charge in [0.15, 0.2) is 6.10 Å². The maximum atomic E-state index is 14.3. The molecule has 3 fully saturated rings. The Morgan fingerprint density at radius 3 is 2.20 bits per heavy atom. The number of urea groups is 1. The monoisotopic (exact) mass is 806 g/mol. The Morgan fingerprint density at radius 1 is 0.763 bits per heavy atom. The van der Waals surface area contributed by atoms with Crippen LogP contribution in [0.5, 0.6) is 11.5 Å². The minimum absolute atomic E-state index is 0.00567. The number of benzene rings is 3. The SMILES string of the molecule is Cc1cc(C[C@@H](OC(=O)N2CCC(N3CCc4ccccc4NC3=O)CC2)C(=O)N2CCN(C3CCN(CC(=O)Oc4ccc5c(c4)CCC5)CC3)CC2)cc(C)c1O. The van der Waals surface area contributed by atoms with Crippen molar-refractivity contribution in [2.45, 2.75) is 89.8 Å². The van der Waals surface area contributed by atoms with Crippen LogP contribution in [-0.4, -0.2) is 137 Å². The van der Waals surface area contributed by atoms with Gasteiger partial charge >= 0.3 is 18.1 Å². The number of carbonyl (C=O) groups is 4. The first-order valence-corrected chi connectivity index (χ1v) is 21.6. The molecule has 59 heavy (non-hydrogen) atoms. The quantitative estimate of drug-likeness (QED) is 0.218. The number of carbonyl (C=O) groups excluding carboxylic acids is 4. The second kappa shape index (κ2) is 18.0. The normalized spacial score (nSPS) is 20.0. The Morgan fingerprint density at radius 2 is 1.46 bits per heavy atom. The zero-order chi connectivity index (χ0) is 41.0. The van der Waals surface area contributed by atoms with E-state index in [1.54, 1.807) is 4.90 Å². The molecule has 0 spiro atoms. The van der Waals surface area contributed by atoms with Gasteiger partial charge in [-0.25, -0.2) is 9.59 Å². The number of hydrogen-bond acceptors (Lipinski definition) is 9. The lowest BCUT2D eigenvalue weighted by molar-refractivity contribution is -0.143. The molecule has 0 aromatic heterocycles. The van der Waals surface area contributed by atoms with E-state index in [4.69, 9.17) is 9.47 Å². The number of likely N-dealkylation sites (tertiary alicyclic amines) is 2. The van der Waals surface area contributed by atoms with Gasteiger partial charge in [-0.3, -0.25) is 19.4 Å². The minimum atomic E-state index is -1.02. The number of phenolic OH excluding ortho intramolecular Hbond substituents is 1. The van der Waals surface area contributed by atoms with E-state index in [1.165, 1.54) is 11.1 Å². The number of nitrogens with zero attached hydrogens (tertiary/aromatic N) is 5. The van der Waals surface area contributed by atoms with E-state index in [9.17, 15) is 24.3 Å². The highest BCUT2D eigenvalue weighted by Crippen LogP contribution is 2.29. The number of ether oxygens (including phenoxy) is 2. The molecule has 13 nitrogen and oxygen atoms in total. The summed E-state index contributed by atoms with van der Waals surface area (Å²) in [6.07, 6.45) is 5.83. The van der Waals surface area contributed by atoms with E-state index < -0.39 is 12.2 Å². The van der Waals surface area contributed by atoms with Gasteiger partial charge in [-0.1, -0.05) is 36.4 Å². The molecule has 0 radical (unpaired) electrons. The molecule has 3 aromatic rings. The van der Waals surface area contributed by atoms with Crippen LogP contribution in [0.2, 0.25) is 0 Å². The highest BCUT2D eigenvalue weighted by atomic mass is 16.6. The molecule has 8 rings (SSSR count). The Bertz CT molecular complexity index is 2010. The topological polar surface area (TPSA) is 135 Å². The number of amides is 4. The molecule has 0 saturated carbocycles. The van der Waals surface area contributed by atoms with Gasteiger partial charge in [0.2, 0.25) is 0 Å². The maximum Gasteiger partial charge on any atom is 0.410 e. The van der Waals surface area contributed by atoms with Crippen molar-refractivity contribution in [1.29, 1.82) is 0 Å². The van der Waals surface area contributed by atoms with E-state index in [1.807, 2.05) is 72.2 Å². The zero-order valence-electron chi connectivity index (χ0n) is 34.5. The van der Waals surface area contributed by atoms with Gasteiger partial charge in [-0.05, 0) is 117 Å². The summed E-state index contributed by atoms with van der Waals surface area (Å²) in [5.41, 5.74) is 6.83. The van der Waals surface area contributed by atoms with Crippen LogP contribution < -0.4 is 10.1 Å². The minimum Gasteiger partial charge on any atom is -0.507 e. The van der Waals surface area contributed by atoms with Crippen molar-refractivity contribution in [3.05, 3.63) is 88.0 Å². The first-order valence-electron chi connectivity index (χ1n) is 21.6. The summed E-state index contributed by atoms with van der Waals surface area (Å²) >= 11 is 0. The molecule has 4 heterocycles. The summed E-state index contributed by atoms with van der Waals surface area (Å²) in [5.74, 6) is 0.415. The van der Waals surface area contributed by atoms with Crippen molar-refractivity contribution in [2.24, 2.45) is 0 Å². The molecule has 1 aliphatic carbocycles. The highest BCUT2D eigenvalue weighted by Gasteiger charge is 2.37. The molecule has 13 heteroatoms. The average molecular weight is 807 g/mol. The number of rotatable bonds is 9. The molecule has 5 aliphatic rings. The van der Waals surface area contributed by atoms with Crippen molar-refractivity contribution in [3.63, 3.8) is 0 Å². The number of anilines is 1. The molecule has 3 aromatic carbocycles. The lowest BCUT2D eigenvalue weighted by Gasteiger charge is -2.43. The smallest absolute Gasteiger partial charge is 0.410 e. The van der Waals surface area contributed by atoms with Gasteiger partial charge < -0.3 is 34.6 Å². The van der Waals surface area contributed by atoms with Gasteiger partial charge in [-0.2, -0.15) is 0 Å². The van der Waals surface area contributed by atoms with Crippen LogP contribution in [0.15, 0.2) is 54.6 Å². The largest absolute Gasteiger partial charge is 0.507 e. The third-order valence-electron chi connectivity index (χ3n) is 13.1. The average Bonchev–Trinajstić information content (AvgIpc) is 3.64. The Balaban J connectivity index is 0.832. The number of aromatic hydroxyl groups is 1. The number of piperazine rings is 1. The maximum absolute atomic E-state index is 14.3. The standard InChI is InChI=1S/C46H58N6O7/c1-31-26-33(27-32(2)43(31)54)28-41(59-46(57)51-19-15-38(16-20-51)52-21-12-35-6-3-4-9-40(35)47-45(52)56)44(55)50-24-22-49(23-25-50)37-13-17-48(18-14-37)30-42(53)58-39-11-10-34-7-5-8-36(34)29-39/h3-4,6,9-11,26-27,29,37-38,41,54H,5,7-8,12-25,28,30H2,1-2H3,(H,47,56)/t41-/m1/s1. The number of esters is 1. The summed E-state index contributed by atoms with van der Waals surface area (Å²) < 4.78 is 11.8. The molecule has 0 bridgehead atoms. The van der Waals surface area contributed by atoms with E-state index in [0.717, 1.165) is 81.5 Å². The van der Waals surface area contributed by atoms with Crippen LogP contribution in [0, 0.1) is 13.8 Å². The second-order valence-electron chi connectivity index (χ2n) is 17.0. The fraction of sp³-hybridized carbons (Fsp3) is 0.522. The van der Waals surface area contributed by atoms with Gasteiger partial charge in [0.25, 0.3) is 5.91 Å². The summed E-state index contributed by atoms with van der Waals surface area (Å²) in [5, 5.41) is 13.5. The van der Waals surface area contributed by atoms with Gasteiger partial charge in [-0.15, -0.1) is 0 Å². The van der Waals surface area contributed by atoms with Crippen molar-refractivity contribution < 1.29 is 33.8 Å². The molecule has 314 valence electrons. The molecule has 2 N–H and O–H groups in total. The van der Waals surface area contributed by atoms with Crippen LogP contribution >= 0.6 is 0 Å². The van der Waals surface area contributed by atoms with Crippen molar-refractivity contribution in [3.8, 4) is 11.5 Å². The van der Waals surface area contributed by atoms with Crippen LogP contribution in [0.25, 0.3) is 0 Å². The number of piperidine rings is 2. The molecule has 1 atom stereocenters. The van der Waals surface area contributed by atoms with Crippen LogP contribution in [0.3, 0.4) is 0 Å². The molecular weight excluding hydrogens is 749 g/mol. The molecule has 0 unspecified atom stereocenters. The van der Waals surface area contributed by atoms with Crippen LogP contribution in [0.4, 0.5) is 15.3 Å². The summed E-state index contributed by atoms with van der Waals surface area (Å²) in [6, 6.07) is 17.8. The number of fused-ring (bicyclic) bond motifs is 2. The van der Waals surface area contributed by atoms with Crippen molar-refractivity contribution in [2.75, 3.05) is 70.8 Å². The van der Waals surface area contributed by atoms with E-state index in [-0.39, 0.29) is 42.7 Å². The number of phenols is 1. The molecule has 3 saturated heterocycles. The van der Waals surface area contributed by atoms with Crippen LogP contribution in [-0.2, 0) is 40.0 Å². The fourth-order valence-corrected chi connectivity index (χ4v) is 9.76. The number of hydrogen-bond donors (Lipinski definition) is 2. The fourth-order valence-electron chi connectivity index (χ4n) is 9.76. The third-order valence-corrected chi connectivity index (χ3v) is 13.1. The Hall–Kier alpha value is -5.14. The zero-order valence-corrected chi connectivity index (χ0v) is 34.5. The molecule has 4 aliphatic heterocycles. The summed E-state index contributed by atoms with van der Waals surface area (Å²) in [7, 11) is 0. The summed E-state index contributed by atoms with van der Waals surface area (Å²) in [4.78, 5) is 64.0. The third kappa shape index (κ3) is 9.52. The molecular formula is C46H58N6O7. The lowest BCUT2D eigenvalue weighted by Crippen LogP contribution is -2.57. The number of nitrogens with one attached hydrogen (secondary N) is 1. The van der Waals surface area contributed by atoms with Crippen LogP contribution in [0.1, 0.15) is 65.5 Å². The Labute approximate surface area is 347 Å². The highest BCUT2D eigenvalue weighted by molar-refractivity contribution is 5.91. The van der Waals surface area contributed by atoms with E-state index in [2.05, 4.69) is 21.2 Å². The van der Waals surface area contributed by atoms with Gasteiger partial charge in [0, 0.05) is 83.1 Å². The summed E-state index contributed by atoms with van der Waals surface area (Å²) in [6.45, 7) is 9.49. The second-order valence-corrected chi connectivity index (χ2v) is 17.0. The predicted octanol–water partition coefficient (Wildman–Crippen LogP) is 5.31. The van der Waals surface area contributed by atoms with Gasteiger partial charge in [0.1, 0.15) is 11.5 Å². The number of aryl methyl sites for hydroxylation is 4. The van der Waals surface area contributed by atoms with Crippen molar-refractivity contribution in [1.82, 2.24) is 24.5 Å². The van der Waals surface area contributed by atoms with E-state index in [0.29, 0.717) is 68.5 Å². The van der Waals surface area contributed by atoms with E-state index >= 15 is 0 Å². The predicted molar refractivity (Wildman–Crippen MR) is 224 cm³/mol. The van der Waals surface area contributed by atoms with Gasteiger partial charge in [0.05, 0.1) is 6.54 Å². The Kier molecular flexibility index (Phi) is 12.4. The first-order chi connectivity index (χ1) is 28.6. The lowest BCUT2D eigenvalue weighted by atomic mass is 10.00.